The summed E-state index contributed by atoms with van der Waals surface area (Å²) in [6.07, 6.45) is 2.00. The van der Waals surface area contributed by atoms with E-state index in [1.807, 2.05) is 6.20 Å². The molecule has 6 rings (SSSR count). The van der Waals surface area contributed by atoms with Gasteiger partial charge in [0.05, 0.1) is 17.1 Å². The predicted molar refractivity (Wildman–Crippen MR) is 118 cm³/mol. The molecule has 1 aliphatic heterocycles. The summed E-state index contributed by atoms with van der Waals surface area (Å²) in [5.74, 6) is 0. The lowest BCUT2D eigenvalue weighted by Gasteiger charge is -2.33. The fourth-order valence-electron chi connectivity index (χ4n) is 4.40. The maximum atomic E-state index is 4.94. The van der Waals surface area contributed by atoms with Crippen molar-refractivity contribution in [3.8, 4) is 11.3 Å². The van der Waals surface area contributed by atoms with Crippen molar-refractivity contribution >= 4 is 38.6 Å². The number of anilines is 3. The van der Waals surface area contributed by atoms with E-state index in [-0.39, 0.29) is 0 Å². The van der Waals surface area contributed by atoms with Gasteiger partial charge in [-0.25, -0.2) is 0 Å². The quantitative estimate of drug-likeness (QED) is 0.310. The zero-order valence-corrected chi connectivity index (χ0v) is 15.6. The molecule has 28 heavy (non-hydrogen) atoms. The number of fused-ring (bicyclic) bond motifs is 4. The van der Waals surface area contributed by atoms with E-state index in [0.717, 1.165) is 16.8 Å². The third-order valence-corrected chi connectivity index (χ3v) is 5.64. The minimum atomic E-state index is 1.05. The van der Waals surface area contributed by atoms with Crippen LogP contribution in [0.25, 0.3) is 32.8 Å². The van der Waals surface area contributed by atoms with E-state index >= 15 is 0 Å². The zero-order chi connectivity index (χ0) is 18.7. The Morgan fingerprint density at radius 3 is 2.43 bits per heavy atom. The molecule has 0 aliphatic carbocycles. The number of para-hydroxylation sites is 1. The van der Waals surface area contributed by atoms with E-state index in [2.05, 4.69) is 96.8 Å². The van der Waals surface area contributed by atoms with E-state index in [4.69, 9.17) is 4.98 Å². The van der Waals surface area contributed by atoms with Gasteiger partial charge in [0.2, 0.25) is 0 Å². The molecular formula is C26H18N2. The molecule has 1 aliphatic rings. The van der Waals surface area contributed by atoms with Gasteiger partial charge < -0.3 is 4.90 Å². The highest BCUT2D eigenvalue weighted by atomic mass is 15.2. The van der Waals surface area contributed by atoms with Crippen molar-refractivity contribution in [3.63, 3.8) is 0 Å². The van der Waals surface area contributed by atoms with Gasteiger partial charge in [0.25, 0.3) is 0 Å². The molecule has 132 valence electrons. The molecule has 0 radical (unpaired) electrons. The number of rotatable bonds is 1. The summed E-state index contributed by atoms with van der Waals surface area (Å²) in [6, 6.07) is 30.3. The van der Waals surface area contributed by atoms with Crippen LogP contribution in [0.15, 0.2) is 91.1 Å². The average Bonchev–Trinajstić information content (AvgIpc) is 2.75. The second-order valence-corrected chi connectivity index (χ2v) is 7.40. The molecule has 5 aromatic rings. The predicted octanol–water partition coefficient (Wildman–Crippen LogP) is 7.15. The molecule has 0 unspecified atom stereocenters. The van der Waals surface area contributed by atoms with Crippen LogP contribution in [0.2, 0.25) is 0 Å². The molecule has 0 atom stereocenters. The van der Waals surface area contributed by atoms with Gasteiger partial charge in [-0.05, 0) is 36.6 Å². The maximum Gasteiger partial charge on any atom is 0.0956 e. The normalized spacial score (nSPS) is 12.4. The monoisotopic (exact) mass is 358 g/mol. The Labute approximate surface area is 163 Å². The Bertz CT molecular complexity index is 1360. The number of pyridine rings is 1. The lowest BCUT2D eigenvalue weighted by atomic mass is 9.92. The topological polar surface area (TPSA) is 16.1 Å². The lowest BCUT2D eigenvalue weighted by Crippen LogP contribution is -2.16. The van der Waals surface area contributed by atoms with Crippen molar-refractivity contribution in [2.75, 3.05) is 4.90 Å². The van der Waals surface area contributed by atoms with Gasteiger partial charge in [-0.2, -0.15) is 0 Å². The Hall–Kier alpha value is -3.65. The minimum absolute atomic E-state index is 1.05. The maximum absolute atomic E-state index is 4.94. The Kier molecular flexibility index (Phi) is 3.12. The highest BCUT2D eigenvalue weighted by Crippen LogP contribution is 2.52. The number of aryl methyl sites for hydroxylation is 1. The number of hydrogen-bond acceptors (Lipinski definition) is 2. The second-order valence-electron chi connectivity index (χ2n) is 7.40. The first-order chi connectivity index (χ1) is 13.8. The summed E-state index contributed by atoms with van der Waals surface area (Å²) in [5.41, 5.74) is 7.04. The molecule has 2 nitrogen and oxygen atoms in total. The van der Waals surface area contributed by atoms with Gasteiger partial charge in [0.1, 0.15) is 0 Å². The van der Waals surface area contributed by atoms with Gasteiger partial charge in [-0.15, -0.1) is 0 Å². The smallest absolute Gasteiger partial charge is 0.0956 e. The Balaban J connectivity index is 1.84. The summed E-state index contributed by atoms with van der Waals surface area (Å²) < 4.78 is 0. The number of benzene rings is 4. The Morgan fingerprint density at radius 1 is 0.750 bits per heavy atom. The van der Waals surface area contributed by atoms with Gasteiger partial charge in [0, 0.05) is 33.6 Å². The molecule has 0 saturated heterocycles. The molecule has 0 saturated carbocycles. The van der Waals surface area contributed by atoms with E-state index in [1.165, 1.54) is 38.7 Å². The van der Waals surface area contributed by atoms with E-state index in [1.54, 1.807) is 0 Å². The van der Waals surface area contributed by atoms with Crippen LogP contribution >= 0.6 is 0 Å². The van der Waals surface area contributed by atoms with Crippen LogP contribution < -0.4 is 4.90 Å². The van der Waals surface area contributed by atoms with Crippen LogP contribution in [-0.2, 0) is 0 Å². The van der Waals surface area contributed by atoms with Crippen LogP contribution in [0, 0.1) is 6.92 Å². The highest BCUT2D eigenvalue weighted by molar-refractivity contribution is 6.17. The number of nitrogens with zero attached hydrogens (tertiary/aromatic N) is 2. The third-order valence-electron chi connectivity index (χ3n) is 5.64. The van der Waals surface area contributed by atoms with Crippen LogP contribution in [0.5, 0.6) is 0 Å². The van der Waals surface area contributed by atoms with Gasteiger partial charge in [-0.3, -0.25) is 4.98 Å². The van der Waals surface area contributed by atoms with Crippen molar-refractivity contribution in [1.82, 2.24) is 4.98 Å². The van der Waals surface area contributed by atoms with Crippen molar-refractivity contribution in [2.45, 2.75) is 6.92 Å². The summed E-state index contributed by atoms with van der Waals surface area (Å²) in [6.45, 7) is 2.15. The van der Waals surface area contributed by atoms with Crippen LogP contribution in [-0.4, -0.2) is 4.98 Å². The third kappa shape index (κ3) is 2.06. The first-order valence-electron chi connectivity index (χ1n) is 9.58. The summed E-state index contributed by atoms with van der Waals surface area (Å²) in [5, 5.41) is 4.91. The SMILES string of the molecule is Cc1ccc2cnc3c(c2c1)N(c1ccccc1)c1cccc2cccc-3c12. The fourth-order valence-corrected chi connectivity index (χ4v) is 4.40. The molecule has 0 fully saturated rings. The molecule has 0 N–H and O–H groups in total. The van der Waals surface area contributed by atoms with Gasteiger partial charge >= 0.3 is 0 Å². The fraction of sp³-hybridized carbons (Fsp3) is 0.0385. The Morgan fingerprint density at radius 2 is 1.57 bits per heavy atom. The number of aromatic nitrogens is 1. The van der Waals surface area contributed by atoms with Crippen molar-refractivity contribution in [3.05, 3.63) is 96.7 Å². The van der Waals surface area contributed by atoms with Gasteiger partial charge in [0.15, 0.2) is 0 Å². The molecule has 0 amide bonds. The molecule has 0 bridgehead atoms. The number of hydrogen-bond donors (Lipinski definition) is 0. The molecule has 2 heteroatoms. The van der Waals surface area contributed by atoms with Gasteiger partial charge in [-0.1, -0.05) is 66.2 Å². The van der Waals surface area contributed by atoms with Crippen molar-refractivity contribution < 1.29 is 0 Å². The molecular weight excluding hydrogens is 340 g/mol. The summed E-state index contributed by atoms with van der Waals surface area (Å²) in [4.78, 5) is 7.31. The first kappa shape index (κ1) is 15.4. The molecule has 4 aromatic carbocycles. The van der Waals surface area contributed by atoms with E-state index in [0.29, 0.717) is 0 Å². The highest BCUT2D eigenvalue weighted by Gasteiger charge is 2.28. The lowest BCUT2D eigenvalue weighted by molar-refractivity contribution is 1.25. The van der Waals surface area contributed by atoms with Crippen LogP contribution in [0.4, 0.5) is 17.1 Å². The molecule has 2 heterocycles. The first-order valence-corrected chi connectivity index (χ1v) is 9.58. The largest absolute Gasteiger partial charge is 0.307 e. The van der Waals surface area contributed by atoms with Crippen molar-refractivity contribution in [1.29, 1.82) is 0 Å². The minimum Gasteiger partial charge on any atom is -0.307 e. The van der Waals surface area contributed by atoms with Crippen LogP contribution in [0.3, 0.4) is 0 Å². The summed E-state index contributed by atoms with van der Waals surface area (Å²) in [7, 11) is 0. The van der Waals surface area contributed by atoms with E-state index in [9.17, 15) is 0 Å². The standard InChI is InChI=1S/C26H18N2/c1-17-13-14-19-16-27-25-21-11-5-7-18-8-6-12-23(24(18)21)28(26(25)22(19)15-17)20-9-3-2-4-10-20/h2-16H,1H3. The van der Waals surface area contributed by atoms with Crippen molar-refractivity contribution in [2.24, 2.45) is 0 Å². The van der Waals surface area contributed by atoms with Crippen LogP contribution in [0.1, 0.15) is 5.56 Å². The summed E-state index contributed by atoms with van der Waals surface area (Å²) >= 11 is 0. The molecule has 1 aromatic heterocycles. The zero-order valence-electron chi connectivity index (χ0n) is 15.6. The molecule has 0 spiro atoms. The average molecular weight is 358 g/mol. The van der Waals surface area contributed by atoms with E-state index < -0.39 is 0 Å². The second kappa shape index (κ2) is 5.67.